The van der Waals surface area contributed by atoms with Gasteiger partial charge in [0.15, 0.2) is 0 Å². The lowest BCUT2D eigenvalue weighted by atomic mass is 10.0. The molecule has 0 saturated carbocycles. The molecule has 1 aromatic carbocycles. The summed E-state index contributed by atoms with van der Waals surface area (Å²) in [5.74, 6) is 2.33. The molecule has 0 unspecified atom stereocenters. The van der Waals surface area contributed by atoms with E-state index in [1.807, 2.05) is 30.0 Å². The van der Waals surface area contributed by atoms with Gasteiger partial charge < -0.3 is 5.73 Å². The molecule has 0 bridgehead atoms. The van der Waals surface area contributed by atoms with Gasteiger partial charge in [-0.1, -0.05) is 24.3 Å². The summed E-state index contributed by atoms with van der Waals surface area (Å²) in [6.45, 7) is 0. The first-order valence-corrected chi connectivity index (χ1v) is 7.28. The van der Waals surface area contributed by atoms with Crippen LogP contribution in [0.25, 0.3) is 11.1 Å². The van der Waals surface area contributed by atoms with E-state index in [0.717, 1.165) is 22.7 Å². The van der Waals surface area contributed by atoms with Crippen LogP contribution in [0, 0.1) is 6.07 Å². The van der Waals surface area contributed by atoms with Crippen LogP contribution in [-0.2, 0) is 12.2 Å². The highest BCUT2D eigenvalue weighted by atomic mass is 32.2. The Bertz CT molecular complexity index is 502. The second kappa shape index (κ2) is 4.15. The minimum absolute atomic E-state index is 0.954. The highest BCUT2D eigenvalue weighted by Crippen LogP contribution is 2.43. The van der Waals surface area contributed by atoms with Gasteiger partial charge in [0.25, 0.3) is 0 Å². The molecular weight excluding hydrogens is 234 g/mol. The van der Waals surface area contributed by atoms with Crippen LogP contribution in [0.5, 0.6) is 0 Å². The molecule has 3 rings (SSSR count). The fraction of sp³-hybridized carbons (Fsp3) is 0.231. The number of benzene rings is 1. The molecular formula is C13H12NS2. The lowest BCUT2D eigenvalue weighted by Gasteiger charge is -2.12. The van der Waals surface area contributed by atoms with Gasteiger partial charge in [0.1, 0.15) is 0 Å². The molecule has 0 saturated heterocycles. The highest BCUT2D eigenvalue weighted by molar-refractivity contribution is 7.98. The third-order valence-corrected chi connectivity index (χ3v) is 5.06. The maximum absolute atomic E-state index is 6.14. The van der Waals surface area contributed by atoms with E-state index in [1.165, 1.54) is 21.8 Å². The van der Waals surface area contributed by atoms with Crippen molar-refractivity contribution < 1.29 is 0 Å². The van der Waals surface area contributed by atoms with Crippen LogP contribution in [0.1, 0.15) is 10.4 Å². The molecule has 2 aromatic rings. The summed E-state index contributed by atoms with van der Waals surface area (Å²) >= 11 is 3.75. The number of fused-ring (bicyclic) bond motifs is 1. The number of nitrogens with two attached hydrogens (primary N) is 1. The molecule has 0 spiro atoms. The molecule has 1 nitrogen and oxygen atoms in total. The topological polar surface area (TPSA) is 26.0 Å². The van der Waals surface area contributed by atoms with Crippen molar-refractivity contribution in [3.8, 4) is 11.1 Å². The zero-order valence-corrected chi connectivity index (χ0v) is 10.5. The van der Waals surface area contributed by atoms with Crippen molar-refractivity contribution in [2.75, 3.05) is 11.5 Å². The van der Waals surface area contributed by atoms with Crippen LogP contribution in [0.15, 0.2) is 24.3 Å². The standard InChI is InChI=1S/C13H12NS2/c14-13-12(9-4-2-1-3-5-9)10-6-7-15-8-11(10)16-13/h1-4H,6-8,14H2. The largest absolute Gasteiger partial charge is 0.390 e. The number of rotatable bonds is 1. The van der Waals surface area contributed by atoms with Gasteiger partial charge in [-0.25, -0.2) is 0 Å². The Morgan fingerprint density at radius 2 is 2.25 bits per heavy atom. The van der Waals surface area contributed by atoms with E-state index in [-0.39, 0.29) is 0 Å². The molecule has 16 heavy (non-hydrogen) atoms. The van der Waals surface area contributed by atoms with Crippen LogP contribution < -0.4 is 5.73 Å². The van der Waals surface area contributed by atoms with E-state index < -0.39 is 0 Å². The summed E-state index contributed by atoms with van der Waals surface area (Å²) in [4.78, 5) is 1.46. The first-order chi connectivity index (χ1) is 7.86. The minimum Gasteiger partial charge on any atom is -0.390 e. The van der Waals surface area contributed by atoms with E-state index in [2.05, 4.69) is 12.1 Å². The van der Waals surface area contributed by atoms with Gasteiger partial charge in [-0.15, -0.1) is 11.3 Å². The van der Waals surface area contributed by atoms with Gasteiger partial charge in [0.2, 0.25) is 0 Å². The maximum atomic E-state index is 6.14. The Kier molecular flexibility index (Phi) is 2.65. The van der Waals surface area contributed by atoms with Crippen molar-refractivity contribution in [2.24, 2.45) is 0 Å². The van der Waals surface area contributed by atoms with E-state index in [9.17, 15) is 0 Å². The highest BCUT2D eigenvalue weighted by Gasteiger charge is 2.20. The average molecular weight is 246 g/mol. The number of thioether (sulfide) groups is 1. The minimum atomic E-state index is 0.954. The van der Waals surface area contributed by atoms with Crippen molar-refractivity contribution in [2.45, 2.75) is 12.2 Å². The number of anilines is 1. The van der Waals surface area contributed by atoms with Crippen LogP contribution in [0.2, 0.25) is 0 Å². The molecule has 81 valence electrons. The van der Waals surface area contributed by atoms with Crippen molar-refractivity contribution >= 4 is 28.1 Å². The maximum Gasteiger partial charge on any atom is 0.0942 e. The normalized spacial score (nSPS) is 14.8. The summed E-state index contributed by atoms with van der Waals surface area (Å²) in [5.41, 5.74) is 9.98. The molecule has 0 amide bonds. The molecule has 0 fully saturated rings. The number of hydrogen-bond donors (Lipinski definition) is 1. The lowest BCUT2D eigenvalue weighted by Crippen LogP contribution is -1.99. The molecule has 1 radical (unpaired) electrons. The number of hydrogen-bond acceptors (Lipinski definition) is 3. The van der Waals surface area contributed by atoms with Crippen LogP contribution in [0.4, 0.5) is 5.00 Å². The van der Waals surface area contributed by atoms with Crippen molar-refractivity contribution in [1.29, 1.82) is 0 Å². The van der Waals surface area contributed by atoms with Crippen LogP contribution >= 0.6 is 23.1 Å². The molecule has 2 N–H and O–H groups in total. The van der Waals surface area contributed by atoms with Gasteiger partial charge in [0, 0.05) is 16.2 Å². The molecule has 3 heteroatoms. The Morgan fingerprint density at radius 1 is 1.31 bits per heavy atom. The fourth-order valence-corrected chi connectivity index (χ4v) is 4.36. The Labute approximate surface area is 104 Å². The third kappa shape index (κ3) is 1.64. The molecule has 1 aliphatic heterocycles. The molecule has 0 aliphatic carbocycles. The summed E-state index contributed by atoms with van der Waals surface area (Å²) in [6.07, 6.45) is 1.14. The predicted octanol–water partition coefficient (Wildman–Crippen LogP) is 3.59. The molecule has 1 aromatic heterocycles. The van der Waals surface area contributed by atoms with Crippen LogP contribution in [0.3, 0.4) is 0 Å². The first-order valence-electron chi connectivity index (χ1n) is 5.31. The molecule has 0 atom stereocenters. The summed E-state index contributed by atoms with van der Waals surface area (Å²) < 4.78 is 0. The van der Waals surface area contributed by atoms with E-state index in [1.54, 1.807) is 11.3 Å². The molecule has 1 aliphatic rings. The Hall–Kier alpha value is -0.930. The van der Waals surface area contributed by atoms with Gasteiger partial charge in [-0.3, -0.25) is 0 Å². The number of thiophene rings is 1. The third-order valence-electron chi connectivity index (χ3n) is 2.83. The van der Waals surface area contributed by atoms with E-state index in [4.69, 9.17) is 5.73 Å². The zero-order chi connectivity index (χ0) is 11.0. The van der Waals surface area contributed by atoms with Gasteiger partial charge in [-0.2, -0.15) is 11.8 Å². The second-order valence-corrected chi connectivity index (χ2v) is 6.06. The van der Waals surface area contributed by atoms with Crippen molar-refractivity contribution in [1.82, 2.24) is 0 Å². The Morgan fingerprint density at radius 3 is 3.06 bits per heavy atom. The average Bonchev–Trinajstić information content (AvgIpc) is 2.66. The smallest absolute Gasteiger partial charge is 0.0942 e. The SMILES string of the molecule is Nc1sc2c(c1-c1[c]cccc1)CCSC2. The quantitative estimate of drug-likeness (QED) is 0.832. The van der Waals surface area contributed by atoms with Gasteiger partial charge in [0.05, 0.1) is 5.00 Å². The number of nitrogen functional groups attached to an aromatic ring is 1. The van der Waals surface area contributed by atoms with Gasteiger partial charge in [-0.05, 0) is 29.4 Å². The van der Waals surface area contributed by atoms with Crippen molar-refractivity contribution in [3.05, 3.63) is 40.8 Å². The summed E-state index contributed by atoms with van der Waals surface area (Å²) in [6, 6.07) is 11.4. The van der Waals surface area contributed by atoms with E-state index >= 15 is 0 Å². The van der Waals surface area contributed by atoms with Crippen molar-refractivity contribution in [3.63, 3.8) is 0 Å². The zero-order valence-electron chi connectivity index (χ0n) is 8.82. The Balaban J connectivity index is 2.17. The van der Waals surface area contributed by atoms with E-state index in [0.29, 0.717) is 0 Å². The lowest BCUT2D eigenvalue weighted by molar-refractivity contribution is 1.12. The summed E-state index contributed by atoms with van der Waals surface area (Å²) in [7, 11) is 0. The fourth-order valence-electron chi connectivity index (χ4n) is 2.10. The second-order valence-electron chi connectivity index (χ2n) is 3.82. The molecule has 2 heterocycles. The summed E-state index contributed by atoms with van der Waals surface area (Å²) in [5, 5.41) is 0.954. The van der Waals surface area contributed by atoms with Crippen LogP contribution in [-0.4, -0.2) is 5.75 Å². The predicted molar refractivity (Wildman–Crippen MR) is 72.9 cm³/mol. The van der Waals surface area contributed by atoms with Gasteiger partial charge >= 0.3 is 0 Å². The monoisotopic (exact) mass is 246 g/mol. The first kappa shape index (κ1) is 10.2.